The lowest BCUT2D eigenvalue weighted by atomic mass is 9.78. The molecule has 0 unspecified atom stereocenters. The van der Waals surface area contributed by atoms with Gasteiger partial charge in [-0.05, 0) is 37.7 Å². The normalized spacial score (nSPS) is 22.6. The van der Waals surface area contributed by atoms with E-state index in [2.05, 4.69) is 16.0 Å². The van der Waals surface area contributed by atoms with Crippen LogP contribution in [0.4, 0.5) is 5.82 Å². The molecular formula is C18H22N5OS+. The molecule has 0 radical (unpaired) electrons. The summed E-state index contributed by atoms with van der Waals surface area (Å²) in [6.07, 6.45) is 7.15. The summed E-state index contributed by atoms with van der Waals surface area (Å²) < 4.78 is 0. The number of thioether (sulfide) groups is 1. The van der Waals surface area contributed by atoms with Crippen molar-refractivity contribution in [3.05, 3.63) is 17.2 Å². The molecule has 1 saturated carbocycles. The van der Waals surface area contributed by atoms with Crippen LogP contribution in [-0.2, 0) is 4.79 Å². The number of carbonyl (C=O) groups is 1. The number of aromatic nitrogens is 1. The van der Waals surface area contributed by atoms with Crippen LogP contribution in [0.2, 0.25) is 0 Å². The quantitative estimate of drug-likeness (QED) is 0.834. The van der Waals surface area contributed by atoms with E-state index >= 15 is 0 Å². The predicted molar refractivity (Wildman–Crippen MR) is 94.3 cm³/mol. The molecule has 0 aromatic carbocycles. The van der Waals surface area contributed by atoms with Crippen molar-refractivity contribution in [2.45, 2.75) is 49.6 Å². The number of nitrogens with two attached hydrogens (primary N) is 1. The monoisotopic (exact) mass is 356 g/mol. The van der Waals surface area contributed by atoms with Crippen LogP contribution in [0.25, 0.3) is 0 Å². The van der Waals surface area contributed by atoms with E-state index in [9.17, 15) is 10.1 Å². The number of carbonyl (C=O) groups excluding carboxylic acids is 1. The summed E-state index contributed by atoms with van der Waals surface area (Å²) in [7, 11) is 0. The van der Waals surface area contributed by atoms with E-state index in [1.807, 2.05) is 6.07 Å². The van der Waals surface area contributed by atoms with Crippen LogP contribution < -0.4 is 10.7 Å². The lowest BCUT2D eigenvalue weighted by Crippen LogP contribution is -2.50. The zero-order valence-corrected chi connectivity index (χ0v) is 14.9. The van der Waals surface area contributed by atoms with Gasteiger partial charge in [0.1, 0.15) is 23.3 Å². The molecule has 1 saturated heterocycles. The highest BCUT2D eigenvalue weighted by atomic mass is 32.2. The van der Waals surface area contributed by atoms with Crippen molar-refractivity contribution in [1.82, 2.24) is 4.90 Å². The Hall–Kier alpha value is -2.25. The Balaban J connectivity index is 1.69. The Bertz CT molecular complexity index is 749. The number of hydrogen-bond acceptors (Lipinski definition) is 5. The van der Waals surface area contributed by atoms with Gasteiger partial charge < -0.3 is 4.90 Å². The fourth-order valence-electron chi connectivity index (χ4n) is 3.99. The molecule has 3 N–H and O–H groups in total. The number of anilines is 1. The molecule has 1 aliphatic carbocycles. The molecule has 2 fully saturated rings. The fraction of sp³-hybridized carbons (Fsp3) is 0.556. The Morgan fingerprint density at radius 1 is 1.24 bits per heavy atom. The number of fused-ring (bicyclic) bond motifs is 1. The smallest absolute Gasteiger partial charge is 0.289 e. The summed E-state index contributed by atoms with van der Waals surface area (Å²) in [5.41, 5.74) is 6.38. The zero-order valence-electron chi connectivity index (χ0n) is 14.1. The van der Waals surface area contributed by atoms with E-state index in [-0.39, 0.29) is 23.0 Å². The van der Waals surface area contributed by atoms with Crippen LogP contribution in [0.1, 0.15) is 49.7 Å². The number of H-pyrrole nitrogens is 1. The van der Waals surface area contributed by atoms with Crippen molar-refractivity contribution in [1.29, 1.82) is 10.5 Å². The third kappa shape index (κ3) is 3.72. The molecule has 1 aromatic rings. The maximum atomic E-state index is 12.8. The van der Waals surface area contributed by atoms with Crippen LogP contribution in [-0.4, -0.2) is 29.1 Å². The van der Waals surface area contributed by atoms with E-state index in [4.69, 9.17) is 11.0 Å². The molecule has 1 aromatic heterocycles. The van der Waals surface area contributed by atoms with Gasteiger partial charge in [-0.25, -0.2) is 4.98 Å². The van der Waals surface area contributed by atoms with Crippen LogP contribution >= 0.6 is 11.8 Å². The Morgan fingerprint density at radius 2 is 1.96 bits per heavy atom. The van der Waals surface area contributed by atoms with Crippen LogP contribution in [0, 0.1) is 28.6 Å². The summed E-state index contributed by atoms with van der Waals surface area (Å²) in [5.74, 6) is 1.28. The van der Waals surface area contributed by atoms with Crippen LogP contribution in [0.3, 0.4) is 0 Å². The van der Waals surface area contributed by atoms with Gasteiger partial charge in [0.25, 0.3) is 5.82 Å². The van der Waals surface area contributed by atoms with Crippen LogP contribution in [0.15, 0.2) is 11.1 Å². The van der Waals surface area contributed by atoms with Crippen molar-refractivity contribution in [2.75, 3.05) is 18.0 Å². The number of likely N-dealkylation sites (tertiary alicyclic amines) is 1. The fourth-order valence-corrected chi connectivity index (χ4v) is 4.86. The number of rotatable bonds is 3. The summed E-state index contributed by atoms with van der Waals surface area (Å²) >= 11 is 1.29. The van der Waals surface area contributed by atoms with Gasteiger partial charge in [-0.15, -0.1) is 0 Å². The molecule has 1 aliphatic heterocycles. The molecule has 2 heterocycles. The van der Waals surface area contributed by atoms with Gasteiger partial charge in [0.2, 0.25) is 5.91 Å². The van der Waals surface area contributed by atoms with Gasteiger partial charge in [-0.1, -0.05) is 24.6 Å². The highest BCUT2D eigenvalue weighted by Gasteiger charge is 2.35. The third-order valence-corrected chi connectivity index (χ3v) is 6.22. The summed E-state index contributed by atoms with van der Waals surface area (Å²) in [6.45, 7) is 0.838. The number of nitrogen functional groups attached to an aromatic ring is 1. The number of aromatic amines is 1. The molecule has 2 aliphatic rings. The highest BCUT2D eigenvalue weighted by molar-refractivity contribution is 7.99. The third-order valence-electron chi connectivity index (χ3n) is 5.22. The molecule has 25 heavy (non-hydrogen) atoms. The number of nitriles is 2. The van der Waals surface area contributed by atoms with Gasteiger partial charge in [0, 0.05) is 12.6 Å². The second kappa shape index (κ2) is 7.76. The molecule has 3 rings (SSSR count). The highest BCUT2D eigenvalue weighted by Crippen LogP contribution is 2.35. The van der Waals surface area contributed by atoms with E-state index in [1.165, 1.54) is 43.5 Å². The van der Waals surface area contributed by atoms with Gasteiger partial charge in [-0.3, -0.25) is 10.5 Å². The topological polar surface area (TPSA) is 108 Å². The second-order valence-electron chi connectivity index (χ2n) is 6.69. The molecule has 7 heteroatoms. The Labute approximate surface area is 152 Å². The number of nitrogens with zero attached hydrogens (tertiary/aromatic N) is 3. The van der Waals surface area contributed by atoms with Crippen molar-refractivity contribution < 1.29 is 9.78 Å². The van der Waals surface area contributed by atoms with Gasteiger partial charge in [0.15, 0.2) is 5.03 Å². The van der Waals surface area contributed by atoms with Crippen molar-refractivity contribution in [3.8, 4) is 12.1 Å². The molecule has 0 bridgehead atoms. The predicted octanol–water partition coefficient (Wildman–Crippen LogP) is 2.10. The SMILES string of the molecule is N#Cc1cc(C#N)c(SCC(=O)N2CCC[C@H]3CCCC[C@H]32)[nH+]c1N. The first kappa shape index (κ1) is 17.6. The largest absolute Gasteiger partial charge is 0.339 e. The van der Waals surface area contributed by atoms with E-state index in [0.29, 0.717) is 22.5 Å². The summed E-state index contributed by atoms with van der Waals surface area (Å²) in [6, 6.07) is 5.87. The molecule has 6 nitrogen and oxygen atoms in total. The zero-order chi connectivity index (χ0) is 17.8. The van der Waals surface area contributed by atoms with E-state index < -0.39 is 0 Å². The molecule has 2 atom stereocenters. The standard InChI is InChI=1S/C18H21N5OS/c19-9-13-8-14(10-20)18(22-17(13)21)25-11-16(24)23-7-3-5-12-4-1-2-6-15(12)23/h8,12,15H,1-7,11H2,(H2,21,22)/p+1/t12-,15-/m1/s1. The summed E-state index contributed by atoms with van der Waals surface area (Å²) in [4.78, 5) is 17.7. The van der Waals surface area contributed by atoms with Crippen molar-refractivity contribution >= 4 is 23.5 Å². The first-order chi connectivity index (χ1) is 12.1. The van der Waals surface area contributed by atoms with Crippen LogP contribution in [0.5, 0.6) is 0 Å². The number of pyridine rings is 1. The lowest BCUT2D eigenvalue weighted by molar-refractivity contribution is -0.410. The van der Waals surface area contributed by atoms with Gasteiger partial charge in [-0.2, -0.15) is 10.5 Å². The van der Waals surface area contributed by atoms with E-state index in [1.54, 1.807) is 0 Å². The Kier molecular flexibility index (Phi) is 5.45. The first-order valence-corrected chi connectivity index (χ1v) is 9.71. The number of nitrogens with one attached hydrogen (secondary N) is 1. The minimum absolute atomic E-state index is 0.127. The summed E-state index contributed by atoms with van der Waals surface area (Å²) in [5, 5.41) is 18.8. The van der Waals surface area contributed by atoms with Gasteiger partial charge in [0.05, 0.1) is 5.75 Å². The maximum Gasteiger partial charge on any atom is 0.289 e. The number of hydrogen-bond donors (Lipinski definition) is 1. The first-order valence-electron chi connectivity index (χ1n) is 8.72. The average Bonchev–Trinajstić information content (AvgIpc) is 2.65. The van der Waals surface area contributed by atoms with Crippen molar-refractivity contribution in [3.63, 3.8) is 0 Å². The molecular weight excluding hydrogens is 334 g/mol. The van der Waals surface area contributed by atoms with E-state index in [0.717, 1.165) is 19.4 Å². The lowest BCUT2D eigenvalue weighted by Gasteiger charge is -2.44. The molecule has 130 valence electrons. The van der Waals surface area contributed by atoms with Crippen molar-refractivity contribution in [2.24, 2.45) is 5.92 Å². The minimum Gasteiger partial charge on any atom is -0.339 e. The number of piperidine rings is 1. The molecule has 1 amide bonds. The number of amides is 1. The molecule has 0 spiro atoms. The Morgan fingerprint density at radius 3 is 2.72 bits per heavy atom. The van der Waals surface area contributed by atoms with Gasteiger partial charge >= 0.3 is 0 Å². The minimum atomic E-state index is 0.127. The second-order valence-corrected chi connectivity index (χ2v) is 7.68. The average molecular weight is 356 g/mol. The maximum absolute atomic E-state index is 12.8.